The highest BCUT2D eigenvalue weighted by molar-refractivity contribution is 9.10. The maximum absolute atomic E-state index is 12.8. The molecule has 0 spiro atoms. The molecule has 0 amide bonds. The number of halogens is 1. The van der Waals surface area contributed by atoms with Gasteiger partial charge in [-0.25, -0.2) is 18.1 Å². The van der Waals surface area contributed by atoms with Gasteiger partial charge in [0.25, 0.3) is 0 Å². The van der Waals surface area contributed by atoms with Crippen LogP contribution >= 0.6 is 15.9 Å². The van der Waals surface area contributed by atoms with Gasteiger partial charge in [-0.15, -0.1) is 0 Å². The number of aryl methyl sites for hydroxylation is 1. The number of aliphatic hydroxyl groups is 1. The van der Waals surface area contributed by atoms with Crippen LogP contribution in [0.25, 0.3) is 0 Å². The second-order valence-electron chi connectivity index (χ2n) is 7.48. The molecule has 1 atom stereocenters. The normalized spacial score (nSPS) is 12.7. The number of nitrogens with one attached hydrogen (secondary N) is 3. The summed E-state index contributed by atoms with van der Waals surface area (Å²) in [5.74, 6) is 0.852. The zero-order valence-electron chi connectivity index (χ0n) is 18.3. The Balaban J connectivity index is 2.18. The first kappa shape index (κ1) is 25.5. The Kier molecular flexibility index (Phi) is 9.63. The van der Waals surface area contributed by atoms with Crippen molar-refractivity contribution in [2.24, 2.45) is 0 Å². The van der Waals surface area contributed by atoms with E-state index in [2.05, 4.69) is 41.3 Å². The topological polar surface area (TPSA) is 119 Å². The van der Waals surface area contributed by atoms with Gasteiger partial charge in [-0.1, -0.05) is 13.0 Å². The van der Waals surface area contributed by atoms with Crippen LogP contribution in [0, 0.1) is 6.92 Å². The quantitative estimate of drug-likeness (QED) is 0.319. The van der Waals surface area contributed by atoms with Gasteiger partial charge < -0.3 is 20.6 Å². The standard InChI is InChI=1S/C20H31BrN6O3S/c1-5-15(13-28)24-19-17(21)12-22-20(26-19)25-16-8-7-14(2)18(11-16)31(29,30)23-9-6-10-27(3)4/h7-8,11-12,15,23,28H,5-6,9-10,13H2,1-4H3,(H2,22,24,25,26)/t15-/m1/s1. The van der Waals surface area contributed by atoms with Gasteiger partial charge in [0.15, 0.2) is 0 Å². The Hall–Kier alpha value is -1.79. The summed E-state index contributed by atoms with van der Waals surface area (Å²) in [6.45, 7) is 4.87. The molecule has 1 aromatic heterocycles. The molecular formula is C20H31BrN6O3S. The van der Waals surface area contributed by atoms with E-state index in [1.54, 1.807) is 31.3 Å². The SMILES string of the molecule is CC[C@H](CO)Nc1nc(Nc2ccc(C)c(S(=O)(=O)NCCCN(C)C)c2)ncc1Br. The molecule has 0 saturated carbocycles. The van der Waals surface area contributed by atoms with Gasteiger partial charge in [0, 0.05) is 18.4 Å². The van der Waals surface area contributed by atoms with Crippen LogP contribution in [0.5, 0.6) is 0 Å². The van der Waals surface area contributed by atoms with Gasteiger partial charge in [0.1, 0.15) is 5.82 Å². The highest BCUT2D eigenvalue weighted by atomic mass is 79.9. The first-order valence-electron chi connectivity index (χ1n) is 10.1. The molecular weight excluding hydrogens is 484 g/mol. The second-order valence-corrected chi connectivity index (χ2v) is 10.1. The van der Waals surface area contributed by atoms with Gasteiger partial charge in [-0.3, -0.25) is 0 Å². The number of aromatic nitrogens is 2. The average molecular weight is 515 g/mol. The van der Waals surface area contributed by atoms with Crippen LogP contribution in [0.3, 0.4) is 0 Å². The minimum Gasteiger partial charge on any atom is -0.394 e. The van der Waals surface area contributed by atoms with Gasteiger partial charge in [0.2, 0.25) is 16.0 Å². The first-order valence-corrected chi connectivity index (χ1v) is 12.4. The molecule has 2 rings (SSSR count). The van der Waals surface area contributed by atoms with E-state index >= 15 is 0 Å². The summed E-state index contributed by atoms with van der Waals surface area (Å²) in [4.78, 5) is 10.9. The summed E-state index contributed by atoms with van der Waals surface area (Å²) in [5.41, 5.74) is 1.21. The minimum atomic E-state index is -3.64. The van der Waals surface area contributed by atoms with E-state index in [1.165, 1.54) is 0 Å². The molecule has 1 heterocycles. The highest BCUT2D eigenvalue weighted by Gasteiger charge is 2.17. The van der Waals surface area contributed by atoms with Crippen LogP contribution in [0.1, 0.15) is 25.3 Å². The molecule has 2 aromatic rings. The molecule has 0 aliphatic heterocycles. The lowest BCUT2D eigenvalue weighted by Crippen LogP contribution is -2.27. The zero-order chi connectivity index (χ0) is 23.0. The molecule has 0 fully saturated rings. The van der Waals surface area contributed by atoms with Crippen molar-refractivity contribution in [1.29, 1.82) is 0 Å². The van der Waals surface area contributed by atoms with Crippen molar-refractivity contribution >= 4 is 43.4 Å². The van der Waals surface area contributed by atoms with Crippen LogP contribution in [0.15, 0.2) is 33.8 Å². The maximum Gasteiger partial charge on any atom is 0.240 e. The maximum atomic E-state index is 12.8. The summed E-state index contributed by atoms with van der Waals surface area (Å²) < 4.78 is 28.9. The molecule has 0 radical (unpaired) electrons. The lowest BCUT2D eigenvalue weighted by atomic mass is 10.2. The molecule has 1 aromatic carbocycles. The van der Waals surface area contributed by atoms with Gasteiger partial charge in [-0.2, -0.15) is 4.98 Å². The molecule has 31 heavy (non-hydrogen) atoms. The van der Waals surface area contributed by atoms with E-state index in [4.69, 9.17) is 0 Å². The third-order valence-corrected chi connectivity index (χ3v) is 6.79. The number of anilines is 3. The highest BCUT2D eigenvalue weighted by Crippen LogP contribution is 2.25. The summed E-state index contributed by atoms with van der Waals surface area (Å²) in [5, 5.41) is 15.6. The Morgan fingerprint density at radius 1 is 1.29 bits per heavy atom. The zero-order valence-corrected chi connectivity index (χ0v) is 20.7. The molecule has 0 aliphatic rings. The lowest BCUT2D eigenvalue weighted by molar-refractivity contribution is 0.271. The van der Waals surface area contributed by atoms with Gasteiger partial charge in [0.05, 0.1) is 22.0 Å². The van der Waals surface area contributed by atoms with Crippen LogP contribution < -0.4 is 15.4 Å². The number of hydrogen-bond acceptors (Lipinski definition) is 8. The van der Waals surface area contributed by atoms with E-state index in [9.17, 15) is 13.5 Å². The fraction of sp³-hybridized carbons (Fsp3) is 0.500. The molecule has 172 valence electrons. The summed E-state index contributed by atoms with van der Waals surface area (Å²) in [6.07, 6.45) is 3.05. The fourth-order valence-corrected chi connectivity index (χ4v) is 4.42. The molecule has 11 heteroatoms. The number of aliphatic hydroxyl groups excluding tert-OH is 1. The van der Waals surface area contributed by atoms with Crippen LogP contribution in [-0.4, -0.2) is 68.2 Å². The van der Waals surface area contributed by atoms with Crippen molar-refractivity contribution in [2.45, 2.75) is 37.6 Å². The number of rotatable bonds is 12. The number of hydrogen-bond donors (Lipinski definition) is 4. The molecule has 0 bridgehead atoms. The molecule has 9 nitrogen and oxygen atoms in total. The molecule has 0 aliphatic carbocycles. The molecule has 4 N–H and O–H groups in total. The van der Waals surface area contributed by atoms with Crippen molar-refractivity contribution in [1.82, 2.24) is 19.6 Å². The predicted molar refractivity (Wildman–Crippen MR) is 127 cm³/mol. The lowest BCUT2D eigenvalue weighted by Gasteiger charge is -2.17. The number of sulfonamides is 1. The summed E-state index contributed by atoms with van der Waals surface area (Å²) in [6, 6.07) is 4.97. The fourth-order valence-electron chi connectivity index (χ4n) is 2.77. The van der Waals surface area contributed by atoms with Crippen LogP contribution in [0.2, 0.25) is 0 Å². The van der Waals surface area contributed by atoms with E-state index in [0.29, 0.717) is 34.0 Å². The molecule has 0 saturated heterocycles. The van der Waals surface area contributed by atoms with Gasteiger partial charge in [-0.05, 0) is 74.0 Å². The summed E-state index contributed by atoms with van der Waals surface area (Å²) in [7, 11) is 0.261. The van der Waals surface area contributed by atoms with Crippen molar-refractivity contribution in [3.8, 4) is 0 Å². The Labute approximate surface area is 192 Å². The first-order chi connectivity index (χ1) is 14.7. The van der Waals surface area contributed by atoms with Crippen molar-refractivity contribution in [3.63, 3.8) is 0 Å². The van der Waals surface area contributed by atoms with E-state index in [-0.39, 0.29) is 17.5 Å². The van der Waals surface area contributed by atoms with Gasteiger partial charge >= 0.3 is 0 Å². The Bertz CT molecular complexity index is 967. The van der Waals surface area contributed by atoms with Crippen LogP contribution in [-0.2, 0) is 10.0 Å². The number of nitrogens with zero attached hydrogens (tertiary/aromatic N) is 3. The summed E-state index contributed by atoms with van der Waals surface area (Å²) >= 11 is 3.40. The predicted octanol–water partition coefficient (Wildman–Crippen LogP) is 2.70. The largest absolute Gasteiger partial charge is 0.394 e. The van der Waals surface area contributed by atoms with Crippen molar-refractivity contribution < 1.29 is 13.5 Å². The molecule has 0 unspecified atom stereocenters. The minimum absolute atomic E-state index is 0.0174. The third-order valence-electron chi connectivity index (χ3n) is 4.61. The average Bonchev–Trinajstić information content (AvgIpc) is 2.72. The van der Waals surface area contributed by atoms with Crippen molar-refractivity contribution in [3.05, 3.63) is 34.4 Å². The Morgan fingerprint density at radius 2 is 2.03 bits per heavy atom. The second kappa shape index (κ2) is 11.7. The Morgan fingerprint density at radius 3 is 2.68 bits per heavy atom. The van der Waals surface area contributed by atoms with E-state index in [1.807, 2.05) is 25.9 Å². The monoisotopic (exact) mass is 514 g/mol. The van der Waals surface area contributed by atoms with Crippen molar-refractivity contribution in [2.75, 3.05) is 44.4 Å². The van der Waals surface area contributed by atoms with E-state index < -0.39 is 10.0 Å². The third kappa shape index (κ3) is 7.69. The smallest absolute Gasteiger partial charge is 0.240 e. The number of benzene rings is 1. The van der Waals surface area contributed by atoms with Crippen LogP contribution in [0.4, 0.5) is 17.5 Å². The van der Waals surface area contributed by atoms with E-state index in [0.717, 1.165) is 19.4 Å².